The van der Waals surface area contributed by atoms with Crippen LogP contribution in [0.25, 0.3) is 0 Å². The second-order valence-corrected chi connectivity index (χ2v) is 7.26. The minimum absolute atomic E-state index is 0.254. The molecule has 0 aromatic carbocycles. The van der Waals surface area contributed by atoms with Crippen LogP contribution in [0.5, 0.6) is 0 Å². The monoisotopic (exact) mass is 353 g/mol. The first-order chi connectivity index (χ1) is 11.4. The predicted molar refractivity (Wildman–Crippen MR) is 91.5 cm³/mol. The van der Waals surface area contributed by atoms with Gasteiger partial charge < -0.3 is 15.2 Å². The maximum absolute atomic E-state index is 12.6. The highest BCUT2D eigenvalue weighted by molar-refractivity contribution is 7.16. The number of hydrogen-bond acceptors (Lipinski definition) is 5. The van der Waals surface area contributed by atoms with E-state index in [0.29, 0.717) is 23.4 Å². The van der Waals surface area contributed by atoms with Crippen molar-refractivity contribution >= 4 is 34.2 Å². The number of rotatable bonds is 5. The average Bonchev–Trinajstić information content (AvgIpc) is 2.81. The first-order valence-electron chi connectivity index (χ1n) is 8.17. The Morgan fingerprint density at radius 3 is 2.42 bits per heavy atom. The molecule has 0 saturated heterocycles. The molecule has 1 aromatic heterocycles. The average molecular weight is 353 g/mol. The summed E-state index contributed by atoms with van der Waals surface area (Å²) < 4.78 is 5.07. The Balaban J connectivity index is 2.24. The van der Waals surface area contributed by atoms with Crippen LogP contribution in [0.3, 0.4) is 0 Å². The SMILES string of the molecule is CCOC(=O)c1c(NC(=O)C2CCCCC2C(=O)O)sc(C)c1C. The highest BCUT2D eigenvalue weighted by Gasteiger charge is 2.36. The smallest absolute Gasteiger partial charge is 0.341 e. The number of anilines is 1. The fraction of sp³-hybridized carbons (Fsp3) is 0.588. The van der Waals surface area contributed by atoms with Gasteiger partial charge in [0, 0.05) is 4.88 Å². The normalized spacial score (nSPS) is 20.5. The van der Waals surface area contributed by atoms with Crippen molar-refractivity contribution in [2.45, 2.75) is 46.5 Å². The van der Waals surface area contributed by atoms with E-state index in [4.69, 9.17) is 4.74 Å². The third-order valence-corrected chi connectivity index (χ3v) is 5.64. The van der Waals surface area contributed by atoms with E-state index in [0.717, 1.165) is 23.3 Å². The Kier molecular flexibility index (Phi) is 5.99. The van der Waals surface area contributed by atoms with E-state index in [2.05, 4.69) is 5.32 Å². The van der Waals surface area contributed by atoms with Gasteiger partial charge in [-0.3, -0.25) is 9.59 Å². The second kappa shape index (κ2) is 7.79. The van der Waals surface area contributed by atoms with Crippen LogP contribution in [0, 0.1) is 25.7 Å². The molecule has 132 valence electrons. The van der Waals surface area contributed by atoms with E-state index in [-0.39, 0.29) is 12.5 Å². The van der Waals surface area contributed by atoms with Crippen LogP contribution in [-0.4, -0.2) is 29.6 Å². The number of carbonyl (C=O) groups is 3. The van der Waals surface area contributed by atoms with Gasteiger partial charge in [-0.05, 0) is 39.2 Å². The molecular formula is C17H23NO5S. The van der Waals surface area contributed by atoms with Crippen molar-refractivity contribution in [2.24, 2.45) is 11.8 Å². The van der Waals surface area contributed by atoms with Crippen LogP contribution < -0.4 is 5.32 Å². The molecule has 6 nitrogen and oxygen atoms in total. The number of aryl methyl sites for hydroxylation is 1. The zero-order chi connectivity index (χ0) is 17.9. The molecule has 2 rings (SSSR count). The lowest BCUT2D eigenvalue weighted by atomic mass is 9.79. The van der Waals surface area contributed by atoms with E-state index in [9.17, 15) is 19.5 Å². The molecule has 2 atom stereocenters. The van der Waals surface area contributed by atoms with Gasteiger partial charge in [0.25, 0.3) is 0 Å². The Morgan fingerprint density at radius 1 is 1.21 bits per heavy atom. The zero-order valence-corrected chi connectivity index (χ0v) is 15.0. The first-order valence-corrected chi connectivity index (χ1v) is 8.99. The highest BCUT2D eigenvalue weighted by atomic mass is 32.1. The predicted octanol–water partition coefficient (Wildman–Crippen LogP) is 3.37. The number of ether oxygens (including phenoxy) is 1. The lowest BCUT2D eigenvalue weighted by molar-refractivity contribution is -0.147. The van der Waals surface area contributed by atoms with Gasteiger partial charge in [-0.1, -0.05) is 12.8 Å². The minimum atomic E-state index is -0.931. The van der Waals surface area contributed by atoms with Crippen molar-refractivity contribution in [3.05, 3.63) is 16.0 Å². The fourth-order valence-electron chi connectivity index (χ4n) is 3.11. The van der Waals surface area contributed by atoms with Gasteiger partial charge in [-0.25, -0.2) is 4.79 Å². The van der Waals surface area contributed by atoms with E-state index in [1.54, 1.807) is 6.92 Å². The molecule has 24 heavy (non-hydrogen) atoms. The van der Waals surface area contributed by atoms with Crippen molar-refractivity contribution in [1.29, 1.82) is 0 Å². The molecule has 1 aliphatic carbocycles. The molecule has 2 unspecified atom stereocenters. The van der Waals surface area contributed by atoms with E-state index in [1.165, 1.54) is 11.3 Å². The van der Waals surface area contributed by atoms with Gasteiger partial charge in [-0.2, -0.15) is 0 Å². The summed E-state index contributed by atoms with van der Waals surface area (Å²) in [7, 11) is 0. The number of amides is 1. The van der Waals surface area contributed by atoms with E-state index < -0.39 is 23.8 Å². The molecule has 0 bridgehead atoms. The van der Waals surface area contributed by atoms with Gasteiger partial charge in [0.15, 0.2) is 0 Å². The molecule has 1 aliphatic rings. The van der Waals surface area contributed by atoms with Crippen LogP contribution in [0.4, 0.5) is 5.00 Å². The molecule has 1 aromatic rings. The lowest BCUT2D eigenvalue weighted by Gasteiger charge is -2.27. The summed E-state index contributed by atoms with van der Waals surface area (Å²) in [6.07, 6.45) is 2.74. The van der Waals surface area contributed by atoms with Crippen molar-refractivity contribution in [2.75, 3.05) is 11.9 Å². The van der Waals surface area contributed by atoms with E-state index >= 15 is 0 Å². The standard InChI is InChI=1S/C17H23NO5S/c1-4-23-17(22)13-9(2)10(3)24-15(13)18-14(19)11-7-5-6-8-12(11)16(20)21/h11-12H,4-8H2,1-3H3,(H,18,19)(H,20,21). The summed E-state index contributed by atoms with van der Waals surface area (Å²) in [4.78, 5) is 37.1. The number of thiophene rings is 1. The Bertz CT molecular complexity index is 652. The van der Waals surface area contributed by atoms with Gasteiger partial charge in [0.2, 0.25) is 5.91 Å². The van der Waals surface area contributed by atoms with Crippen molar-refractivity contribution in [1.82, 2.24) is 0 Å². The zero-order valence-electron chi connectivity index (χ0n) is 14.2. The van der Waals surface area contributed by atoms with Gasteiger partial charge in [-0.15, -0.1) is 11.3 Å². The van der Waals surface area contributed by atoms with Crippen molar-refractivity contribution in [3.8, 4) is 0 Å². The molecule has 7 heteroatoms. The van der Waals surface area contributed by atoms with Crippen LogP contribution in [0.2, 0.25) is 0 Å². The molecule has 1 saturated carbocycles. The summed E-state index contributed by atoms with van der Waals surface area (Å²) in [5, 5.41) is 12.6. The quantitative estimate of drug-likeness (QED) is 0.792. The number of hydrogen-bond donors (Lipinski definition) is 2. The Hall–Kier alpha value is -1.89. The summed E-state index contributed by atoms with van der Waals surface area (Å²) in [6, 6.07) is 0. The van der Waals surface area contributed by atoms with Crippen molar-refractivity contribution < 1.29 is 24.2 Å². The number of aliphatic carboxylic acids is 1. The van der Waals surface area contributed by atoms with Gasteiger partial charge >= 0.3 is 11.9 Å². The third kappa shape index (κ3) is 3.77. The van der Waals surface area contributed by atoms with Crippen molar-refractivity contribution in [3.63, 3.8) is 0 Å². The molecule has 2 N–H and O–H groups in total. The maximum Gasteiger partial charge on any atom is 0.341 e. The molecule has 0 spiro atoms. The molecular weight excluding hydrogens is 330 g/mol. The Labute approximate surface area is 145 Å². The third-order valence-electron chi connectivity index (χ3n) is 4.52. The van der Waals surface area contributed by atoms with Crippen LogP contribution in [0.15, 0.2) is 0 Å². The van der Waals surface area contributed by atoms with Crippen LogP contribution >= 0.6 is 11.3 Å². The van der Waals surface area contributed by atoms with Crippen LogP contribution in [-0.2, 0) is 14.3 Å². The Morgan fingerprint density at radius 2 is 1.83 bits per heavy atom. The van der Waals surface area contributed by atoms with Gasteiger partial charge in [0.1, 0.15) is 5.00 Å². The number of esters is 1. The van der Waals surface area contributed by atoms with E-state index in [1.807, 2.05) is 13.8 Å². The number of carboxylic acid groups (broad SMARTS) is 1. The van der Waals surface area contributed by atoms with Gasteiger partial charge in [0.05, 0.1) is 24.0 Å². The summed E-state index contributed by atoms with van der Waals surface area (Å²) >= 11 is 1.32. The first kappa shape index (κ1) is 18.4. The maximum atomic E-state index is 12.6. The summed E-state index contributed by atoms with van der Waals surface area (Å²) in [5.74, 6) is -2.94. The molecule has 1 fully saturated rings. The number of carboxylic acids is 1. The largest absolute Gasteiger partial charge is 0.481 e. The minimum Gasteiger partial charge on any atom is -0.481 e. The topological polar surface area (TPSA) is 92.7 Å². The molecule has 0 aliphatic heterocycles. The molecule has 0 radical (unpaired) electrons. The summed E-state index contributed by atoms with van der Waals surface area (Å²) in [6.45, 7) is 5.67. The fourth-order valence-corrected chi connectivity index (χ4v) is 4.16. The number of carbonyl (C=O) groups excluding carboxylic acids is 2. The van der Waals surface area contributed by atoms with Crippen LogP contribution in [0.1, 0.15) is 53.4 Å². The second-order valence-electron chi connectivity index (χ2n) is 6.03. The number of nitrogens with one attached hydrogen (secondary N) is 1. The lowest BCUT2D eigenvalue weighted by Crippen LogP contribution is -2.36. The molecule has 1 heterocycles. The summed E-state index contributed by atoms with van der Waals surface area (Å²) in [5.41, 5.74) is 1.16. The molecule has 1 amide bonds. The highest BCUT2D eigenvalue weighted by Crippen LogP contribution is 2.36.